The maximum absolute atomic E-state index is 12.7. The van der Waals surface area contributed by atoms with Gasteiger partial charge in [0.25, 0.3) is 0 Å². The molecule has 152 valence electrons. The van der Waals surface area contributed by atoms with Crippen molar-refractivity contribution >= 4 is 33.3 Å². The number of amides is 1. The van der Waals surface area contributed by atoms with Gasteiger partial charge in [-0.3, -0.25) is 4.79 Å². The second kappa shape index (κ2) is 8.24. The number of rotatable bonds is 5. The second-order valence-electron chi connectivity index (χ2n) is 7.04. The molecule has 1 aromatic carbocycles. The highest BCUT2D eigenvalue weighted by Gasteiger charge is 2.23. The van der Waals surface area contributed by atoms with Crippen LogP contribution in [0, 0.1) is 6.92 Å². The summed E-state index contributed by atoms with van der Waals surface area (Å²) in [6, 6.07) is 5.43. The number of hydrogen-bond donors (Lipinski definition) is 0. The van der Waals surface area contributed by atoms with Crippen molar-refractivity contribution in [2.75, 3.05) is 38.2 Å². The molecule has 29 heavy (non-hydrogen) atoms. The molecule has 1 saturated heterocycles. The van der Waals surface area contributed by atoms with Crippen LogP contribution in [-0.2, 0) is 11.2 Å². The number of anilines is 1. The highest BCUT2D eigenvalue weighted by molar-refractivity contribution is 7.13. The number of benzene rings is 1. The lowest BCUT2D eigenvalue weighted by molar-refractivity contribution is -0.131. The van der Waals surface area contributed by atoms with E-state index < -0.39 is 0 Å². The number of carbonyl (C=O) groups is 1. The number of aromatic nitrogens is 1. The number of ether oxygens (including phenoxy) is 1. The lowest BCUT2D eigenvalue weighted by atomic mass is 10.0. The van der Waals surface area contributed by atoms with Crippen LogP contribution in [0.25, 0.3) is 11.0 Å². The molecule has 3 aromatic rings. The number of carbonyl (C=O) groups excluding carboxylic acids is 1. The van der Waals surface area contributed by atoms with Gasteiger partial charge in [-0.05, 0) is 31.0 Å². The maximum atomic E-state index is 12.7. The number of hydrogen-bond acceptors (Lipinski definition) is 7. The third-order valence-electron chi connectivity index (χ3n) is 5.41. The summed E-state index contributed by atoms with van der Waals surface area (Å²) in [5, 5.41) is 3.82. The number of aryl methyl sites for hydroxylation is 1. The Morgan fingerprint density at radius 1 is 1.28 bits per heavy atom. The molecular formula is C21H23N3O4S. The monoisotopic (exact) mass is 413 g/mol. The van der Waals surface area contributed by atoms with Crippen LogP contribution in [0.2, 0.25) is 0 Å². The van der Waals surface area contributed by atoms with Crippen LogP contribution in [-0.4, -0.2) is 49.1 Å². The molecule has 0 unspecified atom stereocenters. The van der Waals surface area contributed by atoms with Gasteiger partial charge >= 0.3 is 5.63 Å². The first-order valence-electron chi connectivity index (χ1n) is 9.59. The Hall–Kier alpha value is -2.87. The standard InChI is InChI=1S/C21H23N3O4S/c1-14-16-4-3-15(27-2)13-18(16)28-20(26)17(14)5-6-19(25)23-8-10-24(11-9-23)21-22-7-12-29-21/h3-4,7,12-13H,5-6,8-11H2,1-2H3. The van der Waals surface area contributed by atoms with E-state index in [2.05, 4.69) is 9.88 Å². The van der Waals surface area contributed by atoms with Gasteiger partial charge in [-0.2, -0.15) is 0 Å². The van der Waals surface area contributed by atoms with Crippen LogP contribution in [0.1, 0.15) is 17.5 Å². The fraction of sp³-hybridized carbons (Fsp3) is 0.381. The van der Waals surface area contributed by atoms with Crippen molar-refractivity contribution in [2.45, 2.75) is 19.8 Å². The lowest BCUT2D eigenvalue weighted by Gasteiger charge is -2.34. The predicted octanol–water partition coefficient (Wildman–Crippen LogP) is 2.85. The Kier molecular flexibility index (Phi) is 5.53. The Balaban J connectivity index is 1.42. The normalized spacial score (nSPS) is 14.4. The average molecular weight is 413 g/mol. The summed E-state index contributed by atoms with van der Waals surface area (Å²) in [5.74, 6) is 0.706. The van der Waals surface area contributed by atoms with E-state index in [1.54, 1.807) is 30.7 Å². The molecule has 0 saturated carbocycles. The van der Waals surface area contributed by atoms with Crippen LogP contribution in [0.15, 0.2) is 39.0 Å². The number of nitrogens with zero attached hydrogens (tertiary/aromatic N) is 3. The summed E-state index contributed by atoms with van der Waals surface area (Å²) in [6.45, 7) is 4.79. The zero-order valence-electron chi connectivity index (χ0n) is 16.5. The molecule has 1 amide bonds. The molecule has 0 N–H and O–H groups in total. The molecule has 3 heterocycles. The van der Waals surface area contributed by atoms with E-state index in [1.807, 2.05) is 29.3 Å². The first-order valence-corrected chi connectivity index (χ1v) is 10.5. The molecule has 0 spiro atoms. The molecule has 0 atom stereocenters. The topological polar surface area (TPSA) is 75.9 Å². The van der Waals surface area contributed by atoms with E-state index in [9.17, 15) is 9.59 Å². The minimum atomic E-state index is -0.385. The third kappa shape index (κ3) is 3.98. The van der Waals surface area contributed by atoms with Crippen LogP contribution < -0.4 is 15.3 Å². The summed E-state index contributed by atoms with van der Waals surface area (Å²) in [5.41, 5.74) is 1.54. The Morgan fingerprint density at radius 2 is 2.07 bits per heavy atom. The van der Waals surface area contributed by atoms with Crippen LogP contribution in [0.3, 0.4) is 0 Å². The minimum absolute atomic E-state index is 0.0671. The summed E-state index contributed by atoms with van der Waals surface area (Å²) in [6.07, 6.45) is 2.47. The first-order chi connectivity index (χ1) is 14.1. The van der Waals surface area contributed by atoms with Crippen molar-refractivity contribution in [3.05, 3.63) is 51.3 Å². The van der Waals surface area contributed by atoms with E-state index >= 15 is 0 Å². The van der Waals surface area contributed by atoms with E-state index in [-0.39, 0.29) is 11.5 Å². The van der Waals surface area contributed by atoms with Crippen molar-refractivity contribution in [2.24, 2.45) is 0 Å². The van der Waals surface area contributed by atoms with E-state index in [0.29, 0.717) is 42.8 Å². The molecule has 8 heteroatoms. The fourth-order valence-electron chi connectivity index (χ4n) is 3.70. The molecule has 1 aliphatic rings. The molecule has 7 nitrogen and oxygen atoms in total. The van der Waals surface area contributed by atoms with Gasteiger partial charge in [-0.1, -0.05) is 0 Å². The van der Waals surface area contributed by atoms with Gasteiger partial charge in [0, 0.05) is 61.2 Å². The maximum Gasteiger partial charge on any atom is 0.339 e. The van der Waals surface area contributed by atoms with Gasteiger partial charge in [0.05, 0.1) is 7.11 Å². The van der Waals surface area contributed by atoms with Crippen molar-refractivity contribution in [1.29, 1.82) is 0 Å². The summed E-state index contributed by atoms with van der Waals surface area (Å²) < 4.78 is 10.7. The van der Waals surface area contributed by atoms with Crippen LogP contribution >= 0.6 is 11.3 Å². The predicted molar refractivity (Wildman–Crippen MR) is 113 cm³/mol. The summed E-state index contributed by atoms with van der Waals surface area (Å²) >= 11 is 1.61. The van der Waals surface area contributed by atoms with Gasteiger partial charge in [-0.25, -0.2) is 9.78 Å². The Labute approximate surface area is 172 Å². The number of fused-ring (bicyclic) bond motifs is 1. The van der Waals surface area contributed by atoms with Crippen LogP contribution in [0.5, 0.6) is 5.75 Å². The van der Waals surface area contributed by atoms with Gasteiger partial charge in [0.2, 0.25) is 5.91 Å². The molecule has 0 radical (unpaired) electrons. The van der Waals surface area contributed by atoms with Crippen molar-refractivity contribution in [1.82, 2.24) is 9.88 Å². The number of piperazine rings is 1. The van der Waals surface area contributed by atoms with Crippen molar-refractivity contribution in [3.63, 3.8) is 0 Å². The average Bonchev–Trinajstić information content (AvgIpc) is 3.28. The molecule has 1 aliphatic heterocycles. The molecule has 0 aliphatic carbocycles. The van der Waals surface area contributed by atoms with Crippen molar-refractivity contribution in [3.8, 4) is 5.75 Å². The minimum Gasteiger partial charge on any atom is -0.497 e. The second-order valence-corrected chi connectivity index (χ2v) is 7.91. The lowest BCUT2D eigenvalue weighted by Crippen LogP contribution is -2.48. The van der Waals surface area contributed by atoms with Crippen molar-refractivity contribution < 1.29 is 13.9 Å². The molecule has 4 rings (SSSR count). The van der Waals surface area contributed by atoms with Gasteiger partial charge in [0.15, 0.2) is 5.13 Å². The summed E-state index contributed by atoms with van der Waals surface area (Å²) in [7, 11) is 1.57. The Morgan fingerprint density at radius 3 is 2.76 bits per heavy atom. The zero-order chi connectivity index (χ0) is 20.4. The molecule has 1 fully saturated rings. The van der Waals surface area contributed by atoms with E-state index in [0.717, 1.165) is 29.2 Å². The Bertz CT molecular complexity index is 1070. The van der Waals surface area contributed by atoms with Crippen LogP contribution in [0.4, 0.5) is 5.13 Å². The molecule has 0 bridgehead atoms. The quantitative estimate of drug-likeness (QED) is 0.599. The highest BCUT2D eigenvalue weighted by Crippen LogP contribution is 2.25. The van der Waals surface area contributed by atoms with Gasteiger partial charge in [0.1, 0.15) is 11.3 Å². The number of methoxy groups -OCH3 is 1. The van der Waals surface area contributed by atoms with E-state index in [4.69, 9.17) is 9.15 Å². The largest absolute Gasteiger partial charge is 0.497 e. The van der Waals surface area contributed by atoms with Gasteiger partial charge in [-0.15, -0.1) is 11.3 Å². The highest BCUT2D eigenvalue weighted by atomic mass is 32.1. The molecule has 2 aromatic heterocycles. The van der Waals surface area contributed by atoms with Gasteiger partial charge < -0.3 is 19.0 Å². The third-order valence-corrected chi connectivity index (χ3v) is 6.24. The SMILES string of the molecule is COc1ccc2c(C)c(CCC(=O)N3CCN(c4nccs4)CC3)c(=O)oc2c1. The number of thiazole rings is 1. The summed E-state index contributed by atoms with van der Waals surface area (Å²) in [4.78, 5) is 33.5. The first kappa shape index (κ1) is 19.4. The zero-order valence-corrected chi connectivity index (χ0v) is 17.3. The van der Waals surface area contributed by atoms with E-state index in [1.165, 1.54) is 0 Å². The fourth-order valence-corrected chi connectivity index (χ4v) is 4.40. The smallest absolute Gasteiger partial charge is 0.339 e. The molecular weight excluding hydrogens is 390 g/mol.